The first-order valence-corrected chi connectivity index (χ1v) is 5.23. The topological polar surface area (TPSA) is 56.7 Å². The molecule has 17 heavy (non-hydrogen) atoms. The zero-order valence-corrected chi connectivity index (χ0v) is 9.83. The van der Waals surface area contributed by atoms with Crippen molar-refractivity contribution in [3.05, 3.63) is 34.4 Å². The van der Waals surface area contributed by atoms with Crippen molar-refractivity contribution < 1.29 is 13.2 Å². The molecule has 0 unspecified atom stereocenters. The molecule has 4 nitrogen and oxygen atoms in total. The van der Waals surface area contributed by atoms with E-state index in [1.165, 1.54) is 12.1 Å². The molecule has 0 radical (unpaired) electrons. The van der Waals surface area contributed by atoms with E-state index >= 15 is 0 Å². The van der Waals surface area contributed by atoms with Crippen molar-refractivity contribution in [2.75, 3.05) is 5.73 Å². The molecule has 2 rings (SSSR count). The molecular formula is C9H6BrF3N4. The third kappa shape index (κ3) is 2.26. The minimum atomic E-state index is -4.60. The van der Waals surface area contributed by atoms with Crippen molar-refractivity contribution >= 4 is 21.7 Å². The SMILES string of the molecule is Nc1nnn(-c2ccc(Br)cc2)c1C(F)(F)F. The second-order valence-corrected chi connectivity index (χ2v) is 4.12. The maximum absolute atomic E-state index is 12.7. The first-order chi connectivity index (χ1) is 7.89. The molecule has 0 aliphatic carbocycles. The average molecular weight is 307 g/mol. The van der Waals surface area contributed by atoms with Crippen LogP contribution in [0.3, 0.4) is 0 Å². The van der Waals surface area contributed by atoms with Crippen LogP contribution in [0.1, 0.15) is 5.69 Å². The van der Waals surface area contributed by atoms with E-state index in [1.807, 2.05) is 0 Å². The summed E-state index contributed by atoms with van der Waals surface area (Å²) in [5.74, 6) is -0.639. The van der Waals surface area contributed by atoms with Crippen LogP contribution < -0.4 is 5.73 Å². The van der Waals surface area contributed by atoms with Crippen molar-refractivity contribution in [1.29, 1.82) is 0 Å². The molecule has 90 valence electrons. The van der Waals surface area contributed by atoms with E-state index in [2.05, 4.69) is 26.2 Å². The zero-order valence-electron chi connectivity index (χ0n) is 8.24. The van der Waals surface area contributed by atoms with Gasteiger partial charge in [-0.25, -0.2) is 4.68 Å². The van der Waals surface area contributed by atoms with Gasteiger partial charge >= 0.3 is 6.18 Å². The molecule has 0 saturated heterocycles. The minimum absolute atomic E-state index is 0.240. The highest BCUT2D eigenvalue weighted by atomic mass is 79.9. The van der Waals surface area contributed by atoms with E-state index in [0.29, 0.717) is 4.68 Å². The van der Waals surface area contributed by atoms with Gasteiger partial charge in [-0.3, -0.25) is 0 Å². The van der Waals surface area contributed by atoms with Gasteiger partial charge < -0.3 is 5.73 Å². The van der Waals surface area contributed by atoms with Crippen molar-refractivity contribution in [2.45, 2.75) is 6.18 Å². The molecule has 0 amide bonds. The number of alkyl halides is 3. The highest BCUT2D eigenvalue weighted by Crippen LogP contribution is 2.33. The van der Waals surface area contributed by atoms with Crippen molar-refractivity contribution in [1.82, 2.24) is 15.0 Å². The fourth-order valence-electron chi connectivity index (χ4n) is 1.32. The van der Waals surface area contributed by atoms with Crippen LogP contribution in [0.15, 0.2) is 28.7 Å². The predicted octanol–water partition coefficient (Wildman–Crippen LogP) is 2.63. The molecule has 2 N–H and O–H groups in total. The summed E-state index contributed by atoms with van der Waals surface area (Å²) in [7, 11) is 0. The van der Waals surface area contributed by atoms with Crippen LogP contribution in [-0.2, 0) is 6.18 Å². The largest absolute Gasteiger partial charge is 0.437 e. The fraction of sp³-hybridized carbons (Fsp3) is 0.111. The molecule has 1 aromatic heterocycles. The smallest absolute Gasteiger partial charge is 0.380 e. The Balaban J connectivity index is 2.57. The van der Waals surface area contributed by atoms with Crippen LogP contribution >= 0.6 is 15.9 Å². The number of anilines is 1. The van der Waals surface area contributed by atoms with Gasteiger partial charge in [-0.05, 0) is 24.3 Å². The Kier molecular flexibility index (Phi) is 2.82. The summed E-state index contributed by atoms with van der Waals surface area (Å²) in [6.45, 7) is 0. The minimum Gasteiger partial charge on any atom is -0.380 e. The number of aromatic nitrogens is 3. The third-order valence-corrected chi connectivity index (χ3v) is 2.56. The van der Waals surface area contributed by atoms with Gasteiger partial charge in [-0.1, -0.05) is 21.1 Å². The molecule has 1 aromatic carbocycles. The number of rotatable bonds is 1. The number of hydrogen-bond acceptors (Lipinski definition) is 3. The number of nitrogens with zero attached hydrogens (tertiary/aromatic N) is 3. The summed E-state index contributed by atoms with van der Waals surface area (Å²) >= 11 is 3.19. The van der Waals surface area contributed by atoms with Crippen molar-refractivity contribution in [3.63, 3.8) is 0 Å². The van der Waals surface area contributed by atoms with Crippen LogP contribution in [0.25, 0.3) is 5.69 Å². The summed E-state index contributed by atoms with van der Waals surface area (Å²) < 4.78 is 39.6. The Bertz CT molecular complexity index is 532. The van der Waals surface area contributed by atoms with Gasteiger partial charge in [0, 0.05) is 4.47 Å². The van der Waals surface area contributed by atoms with Gasteiger partial charge in [0.05, 0.1) is 5.69 Å². The lowest BCUT2D eigenvalue weighted by atomic mass is 10.3. The van der Waals surface area contributed by atoms with Crippen LogP contribution in [0, 0.1) is 0 Å². The molecule has 0 atom stereocenters. The summed E-state index contributed by atoms with van der Waals surface area (Å²) in [4.78, 5) is 0. The Morgan fingerprint density at radius 2 is 1.76 bits per heavy atom. The van der Waals surface area contributed by atoms with Crippen LogP contribution in [-0.4, -0.2) is 15.0 Å². The standard InChI is InChI=1S/C9H6BrF3N4/c10-5-1-3-6(4-2-5)17-7(9(11,12)13)8(14)15-16-17/h1-4H,14H2. The van der Waals surface area contributed by atoms with E-state index in [9.17, 15) is 13.2 Å². The van der Waals surface area contributed by atoms with Gasteiger partial charge in [0.1, 0.15) is 0 Å². The summed E-state index contributed by atoms with van der Waals surface area (Å²) in [5.41, 5.74) is 4.34. The predicted molar refractivity (Wildman–Crippen MR) is 58.5 cm³/mol. The maximum Gasteiger partial charge on any atom is 0.437 e. The van der Waals surface area contributed by atoms with Gasteiger partial charge in [0.2, 0.25) is 0 Å². The lowest BCUT2D eigenvalue weighted by Crippen LogP contribution is -2.15. The highest BCUT2D eigenvalue weighted by molar-refractivity contribution is 9.10. The normalized spacial score (nSPS) is 11.8. The first-order valence-electron chi connectivity index (χ1n) is 4.44. The average Bonchev–Trinajstić information content (AvgIpc) is 2.61. The van der Waals surface area contributed by atoms with Gasteiger partial charge in [-0.15, -0.1) is 5.10 Å². The van der Waals surface area contributed by atoms with Crippen molar-refractivity contribution in [3.8, 4) is 5.69 Å². The molecular weight excluding hydrogens is 301 g/mol. The van der Waals surface area contributed by atoms with E-state index < -0.39 is 17.7 Å². The molecule has 8 heteroatoms. The van der Waals surface area contributed by atoms with Crippen LogP contribution in [0.2, 0.25) is 0 Å². The monoisotopic (exact) mass is 306 g/mol. The lowest BCUT2D eigenvalue weighted by molar-refractivity contribution is -0.142. The molecule has 0 saturated carbocycles. The fourth-order valence-corrected chi connectivity index (χ4v) is 1.59. The Labute approximate surface area is 102 Å². The van der Waals surface area contributed by atoms with Crippen LogP contribution in [0.5, 0.6) is 0 Å². The number of nitrogen functional groups attached to an aromatic ring is 1. The maximum atomic E-state index is 12.7. The Morgan fingerprint density at radius 3 is 2.29 bits per heavy atom. The number of benzene rings is 1. The van der Waals surface area contributed by atoms with Crippen LogP contribution in [0.4, 0.5) is 19.0 Å². The van der Waals surface area contributed by atoms with E-state index in [-0.39, 0.29) is 5.69 Å². The lowest BCUT2D eigenvalue weighted by Gasteiger charge is -2.09. The zero-order chi connectivity index (χ0) is 12.6. The second-order valence-electron chi connectivity index (χ2n) is 3.21. The quantitative estimate of drug-likeness (QED) is 0.881. The molecule has 0 spiro atoms. The molecule has 1 heterocycles. The summed E-state index contributed by atoms with van der Waals surface area (Å²) in [6.07, 6.45) is -4.60. The number of halogens is 4. The number of nitrogens with two attached hydrogens (primary N) is 1. The Hall–Kier alpha value is -1.57. The first kappa shape index (κ1) is 11.9. The van der Waals surface area contributed by atoms with Crippen molar-refractivity contribution in [2.24, 2.45) is 0 Å². The molecule has 2 aromatic rings. The van der Waals surface area contributed by atoms with E-state index in [0.717, 1.165) is 4.47 Å². The third-order valence-electron chi connectivity index (χ3n) is 2.04. The molecule has 0 aliphatic heterocycles. The summed E-state index contributed by atoms with van der Waals surface area (Å²) in [6, 6.07) is 6.17. The Morgan fingerprint density at radius 1 is 1.18 bits per heavy atom. The van der Waals surface area contributed by atoms with Gasteiger partial charge in [-0.2, -0.15) is 13.2 Å². The van der Waals surface area contributed by atoms with E-state index in [4.69, 9.17) is 5.73 Å². The van der Waals surface area contributed by atoms with E-state index in [1.54, 1.807) is 12.1 Å². The number of hydrogen-bond donors (Lipinski definition) is 1. The second kappa shape index (κ2) is 4.02. The van der Waals surface area contributed by atoms with Gasteiger partial charge in [0.25, 0.3) is 0 Å². The summed E-state index contributed by atoms with van der Waals surface area (Å²) in [5, 5.41) is 6.63. The highest BCUT2D eigenvalue weighted by Gasteiger charge is 2.39. The molecule has 0 bridgehead atoms. The molecule has 0 aliphatic rings. The molecule has 0 fully saturated rings. The van der Waals surface area contributed by atoms with Gasteiger partial charge in [0.15, 0.2) is 11.5 Å².